The average molecular weight is 208 g/mol. The highest BCUT2D eigenvalue weighted by atomic mass is 16.5. The molecule has 3 N–H and O–H groups in total. The van der Waals surface area contributed by atoms with E-state index in [4.69, 9.17) is 10.5 Å². The number of nitrogens with two attached hydrogens (primary N) is 1. The summed E-state index contributed by atoms with van der Waals surface area (Å²) < 4.78 is 5.46. The quantitative estimate of drug-likeness (QED) is 0.682. The average Bonchev–Trinajstić information content (AvgIpc) is 2.83. The smallest absolute Gasteiger partial charge is 0.156 e. The normalized spacial score (nSPS) is 25.7. The van der Waals surface area contributed by atoms with Crippen LogP contribution in [0, 0.1) is 0 Å². The first-order valence-corrected chi connectivity index (χ1v) is 5.49. The summed E-state index contributed by atoms with van der Waals surface area (Å²) in [5, 5.41) is 7.49. The van der Waals surface area contributed by atoms with Crippen molar-refractivity contribution in [3.8, 4) is 0 Å². The second kappa shape index (κ2) is 3.50. The molecule has 1 saturated heterocycles. The Morgan fingerprint density at radius 1 is 1.53 bits per heavy atom. The lowest BCUT2D eigenvalue weighted by Crippen LogP contribution is -2.27. The molecule has 0 spiro atoms. The first-order valence-electron chi connectivity index (χ1n) is 5.49. The minimum absolute atomic E-state index is 0.293. The van der Waals surface area contributed by atoms with Crippen LogP contribution in [0.15, 0.2) is 0 Å². The van der Waals surface area contributed by atoms with Gasteiger partial charge in [-0.25, -0.2) is 0 Å². The van der Waals surface area contributed by atoms with Gasteiger partial charge in [0.05, 0.1) is 13.2 Å². The summed E-state index contributed by atoms with van der Waals surface area (Å²) in [7, 11) is 0. The molecule has 1 aromatic rings. The van der Waals surface area contributed by atoms with Crippen molar-refractivity contribution in [3.63, 3.8) is 0 Å². The molecule has 82 valence electrons. The molecule has 3 heterocycles. The lowest BCUT2D eigenvalue weighted by molar-refractivity contribution is 0.110. The number of H-pyrrole nitrogens is 1. The molecule has 0 aromatic carbocycles. The largest absolute Gasteiger partial charge is 0.376 e. The highest BCUT2D eigenvalue weighted by Crippen LogP contribution is 2.27. The zero-order chi connectivity index (χ0) is 10.3. The van der Waals surface area contributed by atoms with Crippen LogP contribution >= 0.6 is 0 Å². The van der Waals surface area contributed by atoms with Gasteiger partial charge in [0.1, 0.15) is 0 Å². The van der Waals surface area contributed by atoms with Crippen molar-refractivity contribution in [1.82, 2.24) is 10.2 Å². The predicted octanol–water partition coefficient (Wildman–Crippen LogP) is 0.0198. The maximum absolute atomic E-state index is 5.90. The van der Waals surface area contributed by atoms with E-state index in [0.29, 0.717) is 12.6 Å². The maximum Gasteiger partial charge on any atom is 0.156 e. The van der Waals surface area contributed by atoms with Gasteiger partial charge in [-0.1, -0.05) is 0 Å². The van der Waals surface area contributed by atoms with Gasteiger partial charge in [-0.2, -0.15) is 5.10 Å². The molecule has 15 heavy (non-hydrogen) atoms. The van der Waals surface area contributed by atoms with Crippen LogP contribution in [-0.2, 0) is 17.8 Å². The fourth-order valence-corrected chi connectivity index (χ4v) is 2.34. The second-order valence-corrected chi connectivity index (χ2v) is 4.30. The molecule has 2 aliphatic rings. The molecule has 0 bridgehead atoms. The van der Waals surface area contributed by atoms with Crippen molar-refractivity contribution >= 4 is 5.82 Å². The van der Waals surface area contributed by atoms with E-state index in [2.05, 4.69) is 15.1 Å². The summed E-state index contributed by atoms with van der Waals surface area (Å²) in [6, 6.07) is 0.293. The third kappa shape index (κ3) is 1.52. The van der Waals surface area contributed by atoms with Crippen molar-refractivity contribution in [3.05, 3.63) is 11.3 Å². The third-order valence-electron chi connectivity index (χ3n) is 3.20. The molecule has 1 aromatic heterocycles. The summed E-state index contributed by atoms with van der Waals surface area (Å²) >= 11 is 0. The van der Waals surface area contributed by atoms with Gasteiger partial charge in [-0.05, 0) is 6.42 Å². The molecule has 0 radical (unpaired) electrons. The van der Waals surface area contributed by atoms with Crippen molar-refractivity contribution in [2.45, 2.75) is 25.5 Å². The summed E-state index contributed by atoms with van der Waals surface area (Å²) in [4.78, 5) is 2.26. The van der Waals surface area contributed by atoms with Crippen LogP contribution in [0.3, 0.4) is 0 Å². The van der Waals surface area contributed by atoms with Crippen LogP contribution in [0.4, 0.5) is 5.82 Å². The van der Waals surface area contributed by atoms with E-state index in [1.54, 1.807) is 0 Å². The fraction of sp³-hybridized carbons (Fsp3) is 0.700. The fourth-order valence-electron chi connectivity index (χ4n) is 2.34. The van der Waals surface area contributed by atoms with Crippen molar-refractivity contribution < 1.29 is 4.74 Å². The van der Waals surface area contributed by atoms with Crippen molar-refractivity contribution in [1.29, 1.82) is 0 Å². The van der Waals surface area contributed by atoms with E-state index >= 15 is 0 Å². The topological polar surface area (TPSA) is 67.2 Å². The third-order valence-corrected chi connectivity index (χ3v) is 3.20. The number of nitrogens with zero attached hydrogens (tertiary/aromatic N) is 2. The molecule has 3 rings (SSSR count). The summed E-state index contributed by atoms with van der Waals surface area (Å²) in [6.45, 7) is 3.41. The predicted molar refractivity (Wildman–Crippen MR) is 56.8 cm³/mol. The zero-order valence-electron chi connectivity index (χ0n) is 8.70. The Morgan fingerprint density at radius 2 is 2.47 bits per heavy atom. The van der Waals surface area contributed by atoms with Crippen molar-refractivity contribution in [2.24, 2.45) is 5.73 Å². The molecule has 0 aliphatic carbocycles. The van der Waals surface area contributed by atoms with Crippen LogP contribution in [0.1, 0.15) is 17.7 Å². The summed E-state index contributed by atoms with van der Waals surface area (Å²) in [5.41, 5.74) is 8.36. The Balaban J connectivity index is 1.88. The second-order valence-electron chi connectivity index (χ2n) is 4.30. The van der Waals surface area contributed by atoms with Crippen molar-refractivity contribution in [2.75, 3.05) is 24.6 Å². The number of nitrogens with one attached hydrogen (secondary N) is 1. The first kappa shape index (κ1) is 9.18. The van der Waals surface area contributed by atoms with Crippen LogP contribution < -0.4 is 10.6 Å². The maximum atomic E-state index is 5.90. The number of aromatic nitrogens is 2. The van der Waals surface area contributed by atoms with E-state index in [0.717, 1.165) is 38.4 Å². The first-order chi connectivity index (χ1) is 7.34. The Bertz CT molecular complexity index is 362. The Kier molecular flexibility index (Phi) is 2.14. The van der Waals surface area contributed by atoms with Crippen LogP contribution in [0.5, 0.6) is 0 Å². The highest BCUT2D eigenvalue weighted by molar-refractivity contribution is 5.50. The highest BCUT2D eigenvalue weighted by Gasteiger charge is 2.26. The number of anilines is 1. The van der Waals surface area contributed by atoms with Gasteiger partial charge in [0.25, 0.3) is 0 Å². The minimum Gasteiger partial charge on any atom is -0.376 e. The number of fused-ring (bicyclic) bond motifs is 1. The van der Waals surface area contributed by atoms with E-state index in [9.17, 15) is 0 Å². The molecular weight excluding hydrogens is 192 g/mol. The number of ether oxygens (including phenoxy) is 1. The van der Waals surface area contributed by atoms with Gasteiger partial charge in [0, 0.05) is 36.8 Å². The van der Waals surface area contributed by atoms with E-state index in [-0.39, 0.29) is 0 Å². The molecule has 5 nitrogen and oxygen atoms in total. The SMILES string of the molecule is NC1CCN(c2n[nH]c3c2COCC3)C1. The van der Waals surface area contributed by atoms with Gasteiger partial charge < -0.3 is 15.4 Å². The van der Waals surface area contributed by atoms with E-state index < -0.39 is 0 Å². The van der Waals surface area contributed by atoms with Gasteiger partial charge in [-0.3, -0.25) is 5.10 Å². The monoisotopic (exact) mass is 208 g/mol. The Morgan fingerprint density at radius 3 is 3.27 bits per heavy atom. The van der Waals surface area contributed by atoms with Crippen LogP contribution in [0.2, 0.25) is 0 Å². The van der Waals surface area contributed by atoms with Crippen LogP contribution in [-0.4, -0.2) is 35.9 Å². The lowest BCUT2D eigenvalue weighted by atomic mass is 10.1. The molecule has 1 unspecified atom stereocenters. The lowest BCUT2D eigenvalue weighted by Gasteiger charge is -2.19. The molecule has 1 atom stereocenters. The van der Waals surface area contributed by atoms with Gasteiger partial charge in [-0.15, -0.1) is 0 Å². The molecule has 2 aliphatic heterocycles. The number of hydrogen-bond donors (Lipinski definition) is 2. The molecule has 5 heteroatoms. The van der Waals surface area contributed by atoms with E-state index in [1.165, 1.54) is 11.3 Å². The molecule has 0 amide bonds. The summed E-state index contributed by atoms with van der Waals surface area (Å²) in [5.74, 6) is 1.05. The van der Waals surface area contributed by atoms with E-state index in [1.807, 2.05) is 0 Å². The number of hydrogen-bond acceptors (Lipinski definition) is 4. The molecule has 0 saturated carbocycles. The number of aromatic amines is 1. The van der Waals surface area contributed by atoms with Gasteiger partial charge >= 0.3 is 0 Å². The molecular formula is C10H16N4O. The van der Waals surface area contributed by atoms with Gasteiger partial charge in [0.2, 0.25) is 0 Å². The standard InChI is InChI=1S/C10H16N4O/c11-7-1-3-14(5-7)10-8-6-15-4-2-9(8)12-13-10/h7H,1-6,11H2,(H,12,13). The van der Waals surface area contributed by atoms with Gasteiger partial charge in [0.15, 0.2) is 5.82 Å². The summed E-state index contributed by atoms with van der Waals surface area (Å²) in [6.07, 6.45) is 2.00. The molecule has 1 fully saturated rings. The minimum atomic E-state index is 0.293. The number of rotatable bonds is 1. The Hall–Kier alpha value is -1.07. The zero-order valence-corrected chi connectivity index (χ0v) is 8.70. The van der Waals surface area contributed by atoms with Crippen LogP contribution in [0.25, 0.3) is 0 Å². The Labute approximate surface area is 88.6 Å².